The first kappa shape index (κ1) is 18.7. The monoisotopic (exact) mass is 320 g/mol. The van der Waals surface area contributed by atoms with Crippen molar-refractivity contribution in [3.63, 3.8) is 0 Å². The van der Waals surface area contributed by atoms with Crippen LogP contribution in [-0.2, 0) is 19.1 Å². The molecule has 0 bridgehead atoms. The maximum Gasteiger partial charge on any atom is 0.334 e. The Morgan fingerprint density at radius 1 is 1.22 bits per heavy atom. The summed E-state index contributed by atoms with van der Waals surface area (Å²) in [6.07, 6.45) is 1.47. The Morgan fingerprint density at radius 3 is 2.48 bits per heavy atom. The number of carbonyl (C=O) groups excluding carboxylic acids is 2. The minimum Gasteiger partial charge on any atom is -0.497 e. The summed E-state index contributed by atoms with van der Waals surface area (Å²) in [5, 5.41) is 0. The van der Waals surface area contributed by atoms with Gasteiger partial charge in [0.05, 0.1) is 20.1 Å². The SMILES string of the molecule is CCOC(=O)C(=Cc1cccc(OC)c1)CC(=O)OC(C)(C)C. The molecular weight excluding hydrogens is 296 g/mol. The Kier molecular flexibility index (Phi) is 6.82. The van der Waals surface area contributed by atoms with Crippen LogP contribution < -0.4 is 4.74 Å². The lowest BCUT2D eigenvalue weighted by Crippen LogP contribution is -2.25. The van der Waals surface area contributed by atoms with Gasteiger partial charge in [-0.2, -0.15) is 0 Å². The number of hydrogen-bond donors (Lipinski definition) is 0. The highest BCUT2D eigenvalue weighted by atomic mass is 16.6. The summed E-state index contributed by atoms with van der Waals surface area (Å²) in [7, 11) is 1.57. The molecule has 0 amide bonds. The predicted molar refractivity (Wildman–Crippen MR) is 88.1 cm³/mol. The maximum absolute atomic E-state index is 12.1. The first-order valence-electron chi connectivity index (χ1n) is 7.48. The van der Waals surface area contributed by atoms with E-state index in [4.69, 9.17) is 14.2 Å². The van der Waals surface area contributed by atoms with Crippen molar-refractivity contribution in [2.24, 2.45) is 0 Å². The number of rotatable bonds is 6. The highest BCUT2D eigenvalue weighted by Crippen LogP contribution is 2.19. The molecule has 0 aliphatic rings. The van der Waals surface area contributed by atoms with Crippen LogP contribution in [0.15, 0.2) is 29.8 Å². The fraction of sp³-hybridized carbons (Fsp3) is 0.444. The molecule has 1 aromatic rings. The number of esters is 2. The third-order valence-electron chi connectivity index (χ3n) is 2.73. The Labute approximate surface area is 137 Å². The summed E-state index contributed by atoms with van der Waals surface area (Å²) in [5.74, 6) is -0.333. The number of ether oxygens (including phenoxy) is 3. The van der Waals surface area contributed by atoms with Crippen molar-refractivity contribution in [3.05, 3.63) is 35.4 Å². The molecule has 0 fully saturated rings. The van der Waals surface area contributed by atoms with E-state index < -0.39 is 17.5 Å². The van der Waals surface area contributed by atoms with Crippen molar-refractivity contribution in [3.8, 4) is 5.75 Å². The first-order chi connectivity index (χ1) is 10.7. The molecule has 0 spiro atoms. The molecule has 23 heavy (non-hydrogen) atoms. The maximum atomic E-state index is 12.1. The van der Waals surface area contributed by atoms with E-state index in [0.717, 1.165) is 5.56 Å². The molecule has 1 aromatic carbocycles. The van der Waals surface area contributed by atoms with Gasteiger partial charge in [-0.15, -0.1) is 0 Å². The van der Waals surface area contributed by atoms with Gasteiger partial charge < -0.3 is 14.2 Å². The normalized spacial score (nSPS) is 11.8. The summed E-state index contributed by atoms with van der Waals surface area (Å²) in [6, 6.07) is 7.20. The van der Waals surface area contributed by atoms with E-state index in [1.807, 2.05) is 6.07 Å². The van der Waals surface area contributed by atoms with Gasteiger partial charge in [0.2, 0.25) is 0 Å². The molecule has 0 atom stereocenters. The fourth-order valence-electron chi connectivity index (χ4n) is 1.87. The van der Waals surface area contributed by atoms with Gasteiger partial charge in [-0.3, -0.25) is 4.79 Å². The summed E-state index contributed by atoms with van der Waals surface area (Å²) in [4.78, 5) is 24.1. The standard InChI is InChI=1S/C18H24O5/c1-6-22-17(20)14(12-16(19)23-18(2,3)4)10-13-8-7-9-15(11-13)21-5/h7-11H,6,12H2,1-5H3. The van der Waals surface area contributed by atoms with Crippen LogP contribution in [0.2, 0.25) is 0 Å². The molecular formula is C18H24O5. The average molecular weight is 320 g/mol. The lowest BCUT2D eigenvalue weighted by atomic mass is 10.1. The topological polar surface area (TPSA) is 61.8 Å². The molecule has 1 rings (SSSR count). The zero-order valence-corrected chi connectivity index (χ0v) is 14.3. The van der Waals surface area contributed by atoms with Crippen LogP contribution in [0.5, 0.6) is 5.75 Å². The van der Waals surface area contributed by atoms with E-state index in [2.05, 4.69) is 0 Å². The molecule has 0 aromatic heterocycles. The second kappa shape index (κ2) is 8.36. The predicted octanol–water partition coefficient (Wildman–Crippen LogP) is 3.37. The van der Waals surface area contributed by atoms with Gasteiger partial charge in [-0.25, -0.2) is 4.79 Å². The van der Waals surface area contributed by atoms with Gasteiger partial charge in [0, 0.05) is 5.57 Å². The lowest BCUT2D eigenvalue weighted by Gasteiger charge is -2.19. The molecule has 0 aliphatic heterocycles. The largest absolute Gasteiger partial charge is 0.497 e. The van der Waals surface area contributed by atoms with E-state index in [1.165, 1.54) is 0 Å². The molecule has 0 radical (unpaired) electrons. The highest BCUT2D eigenvalue weighted by molar-refractivity contribution is 5.98. The quantitative estimate of drug-likeness (QED) is 0.594. The highest BCUT2D eigenvalue weighted by Gasteiger charge is 2.21. The number of carbonyl (C=O) groups is 2. The van der Waals surface area contributed by atoms with Crippen LogP contribution in [0.25, 0.3) is 6.08 Å². The van der Waals surface area contributed by atoms with Crippen molar-refractivity contribution < 1.29 is 23.8 Å². The van der Waals surface area contributed by atoms with E-state index in [0.29, 0.717) is 5.75 Å². The van der Waals surface area contributed by atoms with Crippen molar-refractivity contribution >= 4 is 18.0 Å². The summed E-state index contributed by atoms with van der Waals surface area (Å²) < 4.78 is 15.4. The van der Waals surface area contributed by atoms with Crippen LogP contribution in [-0.4, -0.2) is 31.3 Å². The van der Waals surface area contributed by atoms with Crippen LogP contribution in [0.3, 0.4) is 0 Å². The zero-order valence-electron chi connectivity index (χ0n) is 14.3. The second-order valence-corrected chi connectivity index (χ2v) is 5.93. The van der Waals surface area contributed by atoms with Gasteiger partial charge in [0.1, 0.15) is 11.4 Å². The molecule has 0 unspecified atom stereocenters. The number of hydrogen-bond acceptors (Lipinski definition) is 5. The van der Waals surface area contributed by atoms with Crippen LogP contribution in [0, 0.1) is 0 Å². The molecule has 0 heterocycles. The van der Waals surface area contributed by atoms with E-state index in [1.54, 1.807) is 59.1 Å². The average Bonchev–Trinajstić information content (AvgIpc) is 2.45. The van der Waals surface area contributed by atoms with Gasteiger partial charge in [-0.05, 0) is 51.5 Å². The fourth-order valence-corrected chi connectivity index (χ4v) is 1.87. The molecule has 0 N–H and O–H groups in total. The van der Waals surface area contributed by atoms with Crippen LogP contribution >= 0.6 is 0 Å². The van der Waals surface area contributed by atoms with E-state index in [-0.39, 0.29) is 18.6 Å². The van der Waals surface area contributed by atoms with Gasteiger partial charge in [-0.1, -0.05) is 12.1 Å². The minimum atomic E-state index is -0.604. The molecule has 5 heteroatoms. The van der Waals surface area contributed by atoms with E-state index in [9.17, 15) is 9.59 Å². The summed E-state index contributed by atoms with van der Waals surface area (Å²) in [6.45, 7) is 7.29. The van der Waals surface area contributed by atoms with Gasteiger partial charge in [0.15, 0.2) is 0 Å². The first-order valence-corrected chi connectivity index (χ1v) is 7.48. The molecule has 0 saturated heterocycles. The van der Waals surface area contributed by atoms with Crippen molar-refractivity contribution in [2.75, 3.05) is 13.7 Å². The number of benzene rings is 1. The Morgan fingerprint density at radius 2 is 1.91 bits per heavy atom. The molecule has 0 aliphatic carbocycles. The Balaban J connectivity index is 3.02. The second-order valence-electron chi connectivity index (χ2n) is 5.93. The summed E-state index contributed by atoms with van der Waals surface area (Å²) in [5.41, 5.74) is 0.387. The summed E-state index contributed by atoms with van der Waals surface area (Å²) >= 11 is 0. The van der Waals surface area contributed by atoms with E-state index >= 15 is 0 Å². The third kappa shape index (κ3) is 7.00. The van der Waals surface area contributed by atoms with Crippen LogP contribution in [0.1, 0.15) is 39.7 Å². The Bertz CT molecular complexity index is 581. The zero-order chi connectivity index (χ0) is 17.5. The van der Waals surface area contributed by atoms with Crippen molar-refractivity contribution in [2.45, 2.75) is 39.7 Å². The lowest BCUT2D eigenvalue weighted by molar-refractivity contribution is -0.155. The molecule has 5 nitrogen and oxygen atoms in total. The number of methoxy groups -OCH3 is 1. The third-order valence-corrected chi connectivity index (χ3v) is 2.73. The van der Waals surface area contributed by atoms with Crippen molar-refractivity contribution in [1.29, 1.82) is 0 Å². The molecule has 126 valence electrons. The van der Waals surface area contributed by atoms with Crippen LogP contribution in [0.4, 0.5) is 0 Å². The minimum absolute atomic E-state index is 0.146. The Hall–Kier alpha value is -2.30. The van der Waals surface area contributed by atoms with Crippen molar-refractivity contribution in [1.82, 2.24) is 0 Å². The van der Waals surface area contributed by atoms with Gasteiger partial charge in [0.25, 0.3) is 0 Å². The van der Waals surface area contributed by atoms with Gasteiger partial charge >= 0.3 is 11.9 Å². The smallest absolute Gasteiger partial charge is 0.334 e. The molecule has 0 saturated carbocycles.